The van der Waals surface area contributed by atoms with Gasteiger partial charge in [-0.05, 0) is 67.2 Å². The van der Waals surface area contributed by atoms with E-state index in [1.54, 1.807) is 31.4 Å². The second kappa shape index (κ2) is 11.7. The molecule has 33 heavy (non-hydrogen) atoms. The molecule has 6 nitrogen and oxygen atoms in total. The van der Waals surface area contributed by atoms with Crippen LogP contribution in [0.1, 0.15) is 45.4 Å². The predicted molar refractivity (Wildman–Crippen MR) is 132 cm³/mol. The Morgan fingerprint density at radius 1 is 1.06 bits per heavy atom. The van der Waals surface area contributed by atoms with Crippen LogP contribution in [0.3, 0.4) is 0 Å². The predicted octanol–water partition coefficient (Wildman–Crippen LogP) is 5.14. The number of hydrogen-bond donors (Lipinski definition) is 1. The summed E-state index contributed by atoms with van der Waals surface area (Å²) in [5.41, 5.74) is 1.12. The van der Waals surface area contributed by atoms with Crippen LogP contribution >= 0.6 is 12.2 Å². The fourth-order valence-electron chi connectivity index (χ4n) is 3.86. The van der Waals surface area contributed by atoms with Crippen LogP contribution in [0.5, 0.6) is 5.75 Å². The van der Waals surface area contributed by atoms with E-state index in [1.165, 1.54) is 35.6 Å². The first-order chi connectivity index (χ1) is 15.9. The fraction of sp³-hybridized carbons (Fsp3) is 0.400. The third kappa shape index (κ3) is 6.28. The molecular formula is C25H30FN3O3S. The highest BCUT2D eigenvalue weighted by molar-refractivity contribution is 7.80. The Kier molecular flexibility index (Phi) is 8.77. The number of anilines is 2. The Morgan fingerprint density at radius 3 is 2.36 bits per heavy atom. The SMILES string of the molecule is CCCCCCCN1C(=S)N(c2ccc(OC)cc2)C(=O)C1CC(=O)Nc1ccc(F)cc1. The van der Waals surface area contributed by atoms with Crippen LogP contribution in [0.2, 0.25) is 0 Å². The molecule has 1 heterocycles. The number of nitrogens with one attached hydrogen (secondary N) is 1. The summed E-state index contributed by atoms with van der Waals surface area (Å²) in [4.78, 5) is 29.5. The molecule has 1 atom stereocenters. The van der Waals surface area contributed by atoms with Gasteiger partial charge in [0.1, 0.15) is 17.6 Å². The molecule has 1 aliphatic rings. The number of benzene rings is 2. The van der Waals surface area contributed by atoms with E-state index >= 15 is 0 Å². The van der Waals surface area contributed by atoms with Crippen molar-refractivity contribution < 1.29 is 18.7 Å². The van der Waals surface area contributed by atoms with E-state index in [0.29, 0.717) is 28.8 Å². The zero-order valence-corrected chi connectivity index (χ0v) is 19.9. The number of unbranched alkanes of at least 4 members (excludes halogenated alkanes) is 4. The molecule has 0 radical (unpaired) electrons. The number of rotatable bonds is 11. The average molecular weight is 472 g/mol. The van der Waals surface area contributed by atoms with Gasteiger partial charge in [0.25, 0.3) is 5.91 Å². The largest absolute Gasteiger partial charge is 0.497 e. The van der Waals surface area contributed by atoms with Gasteiger partial charge in [0.2, 0.25) is 5.91 Å². The Balaban J connectivity index is 1.75. The number of amides is 2. The van der Waals surface area contributed by atoms with E-state index in [9.17, 15) is 14.0 Å². The quantitative estimate of drug-likeness (QED) is 0.363. The smallest absolute Gasteiger partial charge is 0.256 e. The second-order valence-electron chi connectivity index (χ2n) is 8.04. The van der Waals surface area contributed by atoms with Gasteiger partial charge >= 0.3 is 0 Å². The number of methoxy groups -OCH3 is 1. The minimum atomic E-state index is -0.689. The lowest BCUT2D eigenvalue weighted by molar-refractivity contribution is -0.124. The van der Waals surface area contributed by atoms with E-state index in [1.807, 2.05) is 4.90 Å². The van der Waals surface area contributed by atoms with Crippen LogP contribution in [0.25, 0.3) is 0 Å². The summed E-state index contributed by atoms with van der Waals surface area (Å²) in [5.74, 6) is -0.253. The van der Waals surface area contributed by atoms with Gasteiger partial charge < -0.3 is 15.0 Å². The highest BCUT2D eigenvalue weighted by Crippen LogP contribution is 2.29. The summed E-state index contributed by atoms with van der Waals surface area (Å²) in [6.07, 6.45) is 5.34. The second-order valence-corrected chi connectivity index (χ2v) is 8.40. The number of ether oxygens (including phenoxy) is 1. The third-order valence-electron chi connectivity index (χ3n) is 5.66. The van der Waals surface area contributed by atoms with Crippen molar-refractivity contribution in [3.63, 3.8) is 0 Å². The van der Waals surface area contributed by atoms with Gasteiger partial charge in [-0.1, -0.05) is 32.6 Å². The van der Waals surface area contributed by atoms with Gasteiger partial charge in [0.15, 0.2) is 5.11 Å². The van der Waals surface area contributed by atoms with Crippen LogP contribution in [0.4, 0.5) is 15.8 Å². The third-order valence-corrected chi connectivity index (χ3v) is 6.08. The molecule has 3 rings (SSSR count). The molecule has 2 aromatic carbocycles. The summed E-state index contributed by atoms with van der Waals surface area (Å²) < 4.78 is 18.4. The lowest BCUT2D eigenvalue weighted by Gasteiger charge is -2.24. The molecule has 2 aromatic rings. The molecule has 0 spiro atoms. The van der Waals surface area contributed by atoms with E-state index in [-0.39, 0.29) is 24.1 Å². The van der Waals surface area contributed by atoms with Crippen molar-refractivity contribution in [3.05, 3.63) is 54.3 Å². The number of nitrogens with zero attached hydrogens (tertiary/aromatic N) is 2. The standard InChI is InChI=1S/C25H30FN3O3S/c1-3-4-5-6-7-16-28-22(17-23(30)27-19-10-8-18(26)9-11-19)24(31)29(25(28)33)20-12-14-21(32-2)15-13-20/h8-15,22H,3-7,16-17H2,1-2H3,(H,27,30). The highest BCUT2D eigenvalue weighted by atomic mass is 32.1. The average Bonchev–Trinajstić information content (AvgIpc) is 3.04. The highest BCUT2D eigenvalue weighted by Gasteiger charge is 2.43. The van der Waals surface area contributed by atoms with Gasteiger partial charge in [-0.3, -0.25) is 14.5 Å². The van der Waals surface area contributed by atoms with Gasteiger partial charge in [0, 0.05) is 12.2 Å². The number of thiocarbonyl (C=S) groups is 1. The monoisotopic (exact) mass is 471 g/mol. The first-order valence-electron chi connectivity index (χ1n) is 11.3. The van der Waals surface area contributed by atoms with E-state index < -0.39 is 6.04 Å². The zero-order chi connectivity index (χ0) is 23.8. The summed E-state index contributed by atoms with van der Waals surface area (Å²) in [6.45, 7) is 2.77. The van der Waals surface area contributed by atoms with Gasteiger partial charge in [0.05, 0.1) is 19.2 Å². The molecule has 1 fully saturated rings. The van der Waals surface area contributed by atoms with Crippen molar-refractivity contribution >= 4 is 40.5 Å². The molecule has 1 saturated heterocycles. The first kappa shape index (κ1) is 24.6. The van der Waals surface area contributed by atoms with E-state index in [2.05, 4.69) is 12.2 Å². The summed E-state index contributed by atoms with van der Waals surface area (Å²) in [7, 11) is 1.58. The summed E-state index contributed by atoms with van der Waals surface area (Å²) in [5, 5.41) is 3.15. The molecule has 0 saturated carbocycles. The lowest BCUT2D eigenvalue weighted by atomic mass is 10.1. The van der Waals surface area contributed by atoms with Gasteiger partial charge in [-0.15, -0.1) is 0 Å². The Labute approximate surface area is 199 Å². The molecule has 176 valence electrons. The van der Waals surface area contributed by atoms with Crippen LogP contribution in [-0.2, 0) is 9.59 Å². The summed E-state index contributed by atoms with van der Waals surface area (Å²) in [6, 6.07) is 12.0. The van der Waals surface area contributed by atoms with Gasteiger partial charge in [-0.2, -0.15) is 0 Å². The molecule has 0 bridgehead atoms. The van der Waals surface area contributed by atoms with Crippen LogP contribution in [0.15, 0.2) is 48.5 Å². The number of carbonyl (C=O) groups is 2. The van der Waals surface area contributed by atoms with Crippen molar-refractivity contribution in [3.8, 4) is 5.75 Å². The normalized spacial score (nSPS) is 15.8. The van der Waals surface area contributed by atoms with Crippen molar-refractivity contribution in [1.82, 2.24) is 4.90 Å². The zero-order valence-electron chi connectivity index (χ0n) is 19.1. The molecule has 0 aliphatic carbocycles. The summed E-state index contributed by atoms with van der Waals surface area (Å²) >= 11 is 5.68. The maximum absolute atomic E-state index is 13.4. The minimum Gasteiger partial charge on any atom is -0.497 e. The minimum absolute atomic E-state index is 0.0437. The van der Waals surface area contributed by atoms with E-state index in [4.69, 9.17) is 17.0 Å². The number of hydrogen-bond acceptors (Lipinski definition) is 4. The maximum Gasteiger partial charge on any atom is 0.256 e. The van der Waals surface area contributed by atoms with Crippen molar-refractivity contribution in [1.29, 1.82) is 0 Å². The molecular weight excluding hydrogens is 441 g/mol. The fourth-order valence-corrected chi connectivity index (χ4v) is 4.28. The van der Waals surface area contributed by atoms with Crippen molar-refractivity contribution in [2.24, 2.45) is 0 Å². The molecule has 8 heteroatoms. The maximum atomic E-state index is 13.4. The van der Waals surface area contributed by atoms with Crippen LogP contribution in [0, 0.1) is 5.82 Å². The Bertz CT molecular complexity index is 966. The first-order valence-corrected chi connectivity index (χ1v) is 11.7. The lowest BCUT2D eigenvalue weighted by Crippen LogP contribution is -2.38. The number of halogens is 1. The Morgan fingerprint density at radius 2 is 1.73 bits per heavy atom. The molecule has 2 amide bonds. The van der Waals surface area contributed by atoms with Crippen molar-refractivity contribution in [2.75, 3.05) is 23.9 Å². The number of carbonyl (C=O) groups excluding carboxylic acids is 2. The molecule has 1 aliphatic heterocycles. The topological polar surface area (TPSA) is 61.9 Å². The van der Waals surface area contributed by atoms with Crippen LogP contribution in [-0.4, -0.2) is 41.5 Å². The van der Waals surface area contributed by atoms with Crippen molar-refractivity contribution in [2.45, 2.75) is 51.5 Å². The molecule has 0 aromatic heterocycles. The molecule has 1 unspecified atom stereocenters. The Hall–Kier alpha value is -3.00. The van der Waals surface area contributed by atoms with Gasteiger partial charge in [-0.25, -0.2) is 4.39 Å². The van der Waals surface area contributed by atoms with Crippen LogP contribution < -0.4 is 15.0 Å². The molecule has 1 N–H and O–H groups in total. The van der Waals surface area contributed by atoms with E-state index in [0.717, 1.165) is 25.7 Å².